The second kappa shape index (κ2) is 5.55. The van der Waals surface area contributed by atoms with Gasteiger partial charge in [0.1, 0.15) is 0 Å². The fourth-order valence-electron chi connectivity index (χ4n) is 1.71. The molecule has 0 saturated carbocycles. The van der Waals surface area contributed by atoms with Crippen LogP contribution in [-0.4, -0.2) is 12.2 Å². The van der Waals surface area contributed by atoms with E-state index in [1.807, 2.05) is 6.07 Å². The Morgan fingerprint density at radius 2 is 2.06 bits per heavy atom. The number of benzene rings is 1. The van der Waals surface area contributed by atoms with E-state index in [0.29, 0.717) is 17.2 Å². The monoisotopic (exact) mass is 287 g/mol. The van der Waals surface area contributed by atoms with Gasteiger partial charge in [-0.1, -0.05) is 29.8 Å². The predicted molar refractivity (Wildman–Crippen MR) is 68.7 cm³/mol. The molecular weight excluding hydrogens is 270 g/mol. The SMILES string of the molecule is COc1ccc(Br)c([C@@H](N)CC(C)C)c1O. The van der Waals surface area contributed by atoms with E-state index < -0.39 is 0 Å². The highest BCUT2D eigenvalue weighted by atomic mass is 79.9. The second-order valence-corrected chi connectivity index (χ2v) is 5.10. The van der Waals surface area contributed by atoms with Crippen molar-refractivity contribution in [1.82, 2.24) is 0 Å². The summed E-state index contributed by atoms with van der Waals surface area (Å²) < 4.78 is 5.89. The van der Waals surface area contributed by atoms with Crippen LogP contribution in [0.5, 0.6) is 11.5 Å². The number of halogens is 1. The van der Waals surface area contributed by atoms with Gasteiger partial charge in [0, 0.05) is 16.1 Å². The van der Waals surface area contributed by atoms with Crippen LogP contribution >= 0.6 is 15.9 Å². The third-order valence-electron chi connectivity index (χ3n) is 2.44. The number of nitrogens with two attached hydrogens (primary N) is 1. The standard InChI is InChI=1S/C12H18BrNO2/c1-7(2)6-9(14)11-8(13)4-5-10(16-3)12(11)15/h4-5,7,9,15H,6,14H2,1-3H3/t9-/m0/s1. The number of phenols is 1. The molecule has 0 aliphatic heterocycles. The van der Waals surface area contributed by atoms with E-state index in [9.17, 15) is 5.11 Å². The number of phenolic OH excluding ortho intramolecular Hbond substituents is 1. The summed E-state index contributed by atoms with van der Waals surface area (Å²) in [5.41, 5.74) is 6.79. The number of ether oxygens (including phenoxy) is 1. The van der Waals surface area contributed by atoms with Gasteiger partial charge in [-0.2, -0.15) is 0 Å². The molecule has 0 unspecified atom stereocenters. The molecule has 0 fully saturated rings. The highest BCUT2D eigenvalue weighted by Gasteiger charge is 2.19. The molecule has 0 amide bonds. The number of hydrogen-bond acceptors (Lipinski definition) is 3. The average molecular weight is 288 g/mol. The highest BCUT2D eigenvalue weighted by Crippen LogP contribution is 2.39. The molecular formula is C12H18BrNO2. The minimum Gasteiger partial charge on any atom is -0.504 e. The van der Waals surface area contributed by atoms with Crippen LogP contribution in [0, 0.1) is 5.92 Å². The minimum atomic E-state index is -0.190. The largest absolute Gasteiger partial charge is 0.504 e. The first kappa shape index (κ1) is 13.3. The lowest BCUT2D eigenvalue weighted by Gasteiger charge is -2.18. The van der Waals surface area contributed by atoms with Crippen LogP contribution in [0.3, 0.4) is 0 Å². The molecule has 1 aromatic carbocycles. The summed E-state index contributed by atoms with van der Waals surface area (Å²) in [6.07, 6.45) is 0.819. The third kappa shape index (κ3) is 2.89. The Morgan fingerprint density at radius 1 is 1.44 bits per heavy atom. The number of hydrogen-bond donors (Lipinski definition) is 2. The summed E-state index contributed by atoms with van der Waals surface area (Å²) in [5.74, 6) is 1.06. The first-order valence-corrected chi connectivity index (χ1v) is 6.07. The lowest BCUT2D eigenvalue weighted by atomic mass is 9.97. The van der Waals surface area contributed by atoms with Gasteiger partial charge >= 0.3 is 0 Å². The molecule has 3 N–H and O–H groups in total. The quantitative estimate of drug-likeness (QED) is 0.894. The normalized spacial score (nSPS) is 12.9. The molecule has 0 radical (unpaired) electrons. The first-order valence-electron chi connectivity index (χ1n) is 5.28. The molecule has 0 aliphatic rings. The summed E-state index contributed by atoms with van der Waals surface area (Å²) in [6.45, 7) is 4.20. The van der Waals surface area contributed by atoms with E-state index in [1.54, 1.807) is 6.07 Å². The summed E-state index contributed by atoms with van der Waals surface area (Å²) in [5, 5.41) is 10.0. The van der Waals surface area contributed by atoms with E-state index in [-0.39, 0.29) is 11.8 Å². The van der Waals surface area contributed by atoms with Gasteiger partial charge in [0.15, 0.2) is 11.5 Å². The smallest absolute Gasteiger partial charge is 0.163 e. The van der Waals surface area contributed by atoms with Crippen LogP contribution < -0.4 is 10.5 Å². The second-order valence-electron chi connectivity index (χ2n) is 4.25. The maximum atomic E-state index is 10.0. The van der Waals surface area contributed by atoms with Gasteiger partial charge in [0.25, 0.3) is 0 Å². The van der Waals surface area contributed by atoms with Gasteiger partial charge in [-0.05, 0) is 24.5 Å². The lowest BCUT2D eigenvalue weighted by Crippen LogP contribution is -2.14. The fraction of sp³-hybridized carbons (Fsp3) is 0.500. The number of methoxy groups -OCH3 is 1. The van der Waals surface area contributed by atoms with Gasteiger partial charge in [-0.15, -0.1) is 0 Å². The zero-order chi connectivity index (χ0) is 12.3. The Bertz CT molecular complexity index is 366. The van der Waals surface area contributed by atoms with Crippen LogP contribution in [-0.2, 0) is 0 Å². The van der Waals surface area contributed by atoms with Crippen LogP contribution in [0.25, 0.3) is 0 Å². The molecule has 1 rings (SSSR count). The van der Waals surface area contributed by atoms with Crippen LogP contribution in [0.15, 0.2) is 16.6 Å². The Kier molecular flexibility index (Phi) is 4.62. The van der Waals surface area contributed by atoms with Gasteiger partial charge in [0.05, 0.1) is 7.11 Å². The van der Waals surface area contributed by atoms with Gasteiger partial charge < -0.3 is 15.6 Å². The van der Waals surface area contributed by atoms with Gasteiger partial charge in [0.2, 0.25) is 0 Å². The molecule has 4 heteroatoms. The van der Waals surface area contributed by atoms with Crippen molar-refractivity contribution in [2.24, 2.45) is 11.7 Å². The lowest BCUT2D eigenvalue weighted by molar-refractivity contribution is 0.365. The van der Waals surface area contributed by atoms with Gasteiger partial charge in [-0.3, -0.25) is 0 Å². The zero-order valence-electron chi connectivity index (χ0n) is 9.83. The third-order valence-corrected chi connectivity index (χ3v) is 3.13. The molecule has 0 saturated heterocycles. The Hall–Kier alpha value is -0.740. The number of rotatable bonds is 4. The highest BCUT2D eigenvalue weighted by molar-refractivity contribution is 9.10. The van der Waals surface area contributed by atoms with Crippen molar-refractivity contribution in [2.45, 2.75) is 26.3 Å². The van der Waals surface area contributed by atoms with E-state index in [1.165, 1.54) is 7.11 Å². The molecule has 0 bridgehead atoms. The van der Waals surface area contributed by atoms with Crippen molar-refractivity contribution in [1.29, 1.82) is 0 Å². The van der Waals surface area contributed by atoms with Crippen molar-refractivity contribution in [3.63, 3.8) is 0 Å². The average Bonchev–Trinajstić information content (AvgIpc) is 2.16. The van der Waals surface area contributed by atoms with Crippen molar-refractivity contribution in [3.8, 4) is 11.5 Å². The maximum absolute atomic E-state index is 10.0. The molecule has 0 aromatic heterocycles. The summed E-state index contributed by atoms with van der Waals surface area (Å²) >= 11 is 3.41. The van der Waals surface area contributed by atoms with Crippen molar-refractivity contribution < 1.29 is 9.84 Å². The molecule has 90 valence electrons. The molecule has 0 heterocycles. The van der Waals surface area contributed by atoms with Crippen molar-refractivity contribution in [2.75, 3.05) is 7.11 Å². The molecule has 16 heavy (non-hydrogen) atoms. The van der Waals surface area contributed by atoms with E-state index in [0.717, 1.165) is 10.9 Å². The first-order chi connectivity index (χ1) is 7.47. The van der Waals surface area contributed by atoms with Crippen LogP contribution in [0.2, 0.25) is 0 Å². The van der Waals surface area contributed by atoms with E-state index >= 15 is 0 Å². The van der Waals surface area contributed by atoms with Crippen LogP contribution in [0.4, 0.5) is 0 Å². The molecule has 1 aromatic rings. The zero-order valence-corrected chi connectivity index (χ0v) is 11.4. The Balaban J connectivity index is 3.10. The minimum absolute atomic E-state index is 0.130. The molecule has 1 atom stereocenters. The van der Waals surface area contributed by atoms with Crippen molar-refractivity contribution >= 4 is 15.9 Å². The number of aromatic hydroxyl groups is 1. The molecule has 0 aliphatic carbocycles. The fourth-order valence-corrected chi connectivity index (χ4v) is 2.32. The summed E-state index contributed by atoms with van der Waals surface area (Å²) in [7, 11) is 1.53. The summed E-state index contributed by atoms with van der Waals surface area (Å²) in [6, 6.07) is 3.36. The Labute approximate surface area is 105 Å². The van der Waals surface area contributed by atoms with Crippen LogP contribution in [0.1, 0.15) is 31.9 Å². The molecule has 0 spiro atoms. The predicted octanol–water partition coefficient (Wildman–Crippen LogP) is 3.21. The topological polar surface area (TPSA) is 55.5 Å². The van der Waals surface area contributed by atoms with E-state index in [4.69, 9.17) is 10.5 Å². The molecule has 3 nitrogen and oxygen atoms in total. The Morgan fingerprint density at radius 3 is 2.56 bits per heavy atom. The van der Waals surface area contributed by atoms with Crippen molar-refractivity contribution in [3.05, 3.63) is 22.2 Å². The summed E-state index contributed by atoms with van der Waals surface area (Å²) in [4.78, 5) is 0. The van der Waals surface area contributed by atoms with Gasteiger partial charge in [-0.25, -0.2) is 0 Å². The van der Waals surface area contributed by atoms with E-state index in [2.05, 4.69) is 29.8 Å². The maximum Gasteiger partial charge on any atom is 0.163 e.